The van der Waals surface area contributed by atoms with Crippen molar-refractivity contribution in [3.8, 4) is 0 Å². The van der Waals surface area contributed by atoms with Gasteiger partial charge < -0.3 is 4.57 Å². The Morgan fingerprint density at radius 1 is 0.931 bits per heavy atom. The van der Waals surface area contributed by atoms with E-state index in [0.717, 1.165) is 27.7 Å². The quantitative estimate of drug-likeness (QED) is 0.341. The fourth-order valence-corrected chi connectivity index (χ4v) is 3.47. The third kappa shape index (κ3) is 4.45. The molecule has 0 atom stereocenters. The number of fused-ring (bicyclic) bond motifs is 1. The third-order valence-corrected chi connectivity index (χ3v) is 5.13. The van der Waals surface area contributed by atoms with Gasteiger partial charge in [0.2, 0.25) is 0 Å². The minimum atomic E-state index is -0.201. The molecule has 0 bridgehead atoms. The predicted octanol–water partition coefficient (Wildman–Crippen LogP) is 6.88. The number of halogens is 1. The molecule has 0 aliphatic carbocycles. The maximum absolute atomic E-state index is 13.4. The molecule has 0 aliphatic heterocycles. The van der Waals surface area contributed by atoms with Gasteiger partial charge in [-0.2, -0.15) is 0 Å². The molecule has 3 heteroatoms. The second-order valence-electron chi connectivity index (χ2n) is 8.45. The Kier molecular flexibility index (Phi) is 5.06. The van der Waals surface area contributed by atoms with Gasteiger partial charge in [0.15, 0.2) is 0 Å². The fraction of sp³-hybridized carbons (Fsp3) is 0.192. The molecule has 0 spiro atoms. The van der Waals surface area contributed by atoms with Crippen molar-refractivity contribution in [1.82, 2.24) is 4.57 Å². The van der Waals surface area contributed by atoms with Crippen LogP contribution in [0.15, 0.2) is 84.0 Å². The van der Waals surface area contributed by atoms with Gasteiger partial charge in [-0.25, -0.2) is 4.39 Å². The van der Waals surface area contributed by atoms with Gasteiger partial charge in [-0.1, -0.05) is 51.1 Å². The number of hydrogen-bond acceptors (Lipinski definition) is 1. The zero-order chi connectivity index (χ0) is 20.4. The van der Waals surface area contributed by atoms with E-state index in [1.54, 1.807) is 12.1 Å². The second kappa shape index (κ2) is 7.67. The lowest BCUT2D eigenvalue weighted by Gasteiger charge is -2.18. The molecule has 4 aromatic rings. The molecule has 0 fully saturated rings. The second-order valence-corrected chi connectivity index (χ2v) is 8.45. The summed E-state index contributed by atoms with van der Waals surface area (Å²) in [7, 11) is 0. The smallest absolute Gasteiger partial charge is 0.123 e. The standard InChI is InChI=1S/C26H25FN2/c1-26(2,3)22-8-10-24(11-9-22)28-17-19-7-12-25-21(15-19)13-14-29(25)18-20-5-4-6-23(27)16-20/h4-17H,18H2,1-3H3. The van der Waals surface area contributed by atoms with E-state index < -0.39 is 0 Å². The Bertz CT molecular complexity index is 1160. The average Bonchev–Trinajstić information content (AvgIpc) is 3.08. The Hall–Kier alpha value is -3.20. The molecule has 0 radical (unpaired) electrons. The van der Waals surface area contributed by atoms with Crippen molar-refractivity contribution in [2.75, 3.05) is 0 Å². The van der Waals surface area contributed by atoms with Gasteiger partial charge in [-0.05, 0) is 64.6 Å². The lowest BCUT2D eigenvalue weighted by atomic mass is 9.87. The predicted molar refractivity (Wildman–Crippen MR) is 120 cm³/mol. The highest BCUT2D eigenvalue weighted by atomic mass is 19.1. The van der Waals surface area contributed by atoms with Crippen LogP contribution in [0.1, 0.15) is 37.5 Å². The van der Waals surface area contributed by atoms with Crippen LogP contribution in [0.2, 0.25) is 0 Å². The lowest BCUT2D eigenvalue weighted by molar-refractivity contribution is 0.590. The zero-order valence-corrected chi connectivity index (χ0v) is 17.1. The maximum Gasteiger partial charge on any atom is 0.123 e. The van der Waals surface area contributed by atoms with Crippen molar-refractivity contribution in [2.24, 2.45) is 4.99 Å². The van der Waals surface area contributed by atoms with E-state index in [1.807, 2.05) is 18.5 Å². The van der Waals surface area contributed by atoms with Crippen LogP contribution in [0.25, 0.3) is 10.9 Å². The van der Waals surface area contributed by atoms with E-state index in [4.69, 9.17) is 0 Å². The van der Waals surface area contributed by atoms with E-state index in [1.165, 1.54) is 11.6 Å². The Morgan fingerprint density at radius 2 is 1.72 bits per heavy atom. The maximum atomic E-state index is 13.4. The van der Waals surface area contributed by atoms with Crippen molar-refractivity contribution < 1.29 is 4.39 Å². The molecule has 0 saturated heterocycles. The summed E-state index contributed by atoms with van der Waals surface area (Å²) < 4.78 is 15.6. The first-order valence-electron chi connectivity index (χ1n) is 9.86. The van der Waals surface area contributed by atoms with Crippen LogP contribution in [0, 0.1) is 5.82 Å². The topological polar surface area (TPSA) is 17.3 Å². The number of nitrogens with zero attached hydrogens (tertiary/aromatic N) is 2. The normalized spacial score (nSPS) is 12.1. The van der Waals surface area contributed by atoms with E-state index in [0.29, 0.717) is 6.54 Å². The van der Waals surface area contributed by atoms with Crippen molar-refractivity contribution >= 4 is 22.8 Å². The summed E-state index contributed by atoms with van der Waals surface area (Å²) in [6.07, 6.45) is 3.94. The monoisotopic (exact) mass is 384 g/mol. The van der Waals surface area contributed by atoms with E-state index >= 15 is 0 Å². The summed E-state index contributed by atoms with van der Waals surface area (Å²) in [5, 5.41) is 1.15. The Morgan fingerprint density at radius 3 is 2.45 bits per heavy atom. The van der Waals surface area contributed by atoms with Gasteiger partial charge in [0, 0.05) is 29.9 Å². The number of hydrogen-bond donors (Lipinski definition) is 0. The molecule has 146 valence electrons. The first-order chi connectivity index (χ1) is 13.9. The van der Waals surface area contributed by atoms with Crippen LogP contribution in [0.4, 0.5) is 10.1 Å². The van der Waals surface area contributed by atoms with Gasteiger partial charge in [0.05, 0.1) is 5.69 Å². The SMILES string of the molecule is CC(C)(C)c1ccc(N=Cc2ccc3c(ccn3Cc3cccc(F)c3)c2)cc1. The molecule has 0 aliphatic rings. The molecular formula is C26H25FN2. The molecule has 0 saturated carbocycles. The zero-order valence-electron chi connectivity index (χ0n) is 17.1. The summed E-state index contributed by atoms with van der Waals surface area (Å²) >= 11 is 0. The van der Waals surface area contributed by atoms with Gasteiger partial charge in [0.1, 0.15) is 5.82 Å². The summed E-state index contributed by atoms with van der Waals surface area (Å²) in [5.74, 6) is -0.201. The largest absolute Gasteiger partial charge is 0.343 e. The number of rotatable bonds is 4. The van der Waals surface area contributed by atoms with Gasteiger partial charge in [-0.3, -0.25) is 4.99 Å². The molecule has 1 heterocycles. The summed E-state index contributed by atoms with van der Waals surface area (Å²) in [4.78, 5) is 4.62. The molecule has 4 rings (SSSR count). The minimum absolute atomic E-state index is 0.145. The van der Waals surface area contributed by atoms with Gasteiger partial charge in [-0.15, -0.1) is 0 Å². The molecule has 0 N–H and O–H groups in total. The average molecular weight is 384 g/mol. The summed E-state index contributed by atoms with van der Waals surface area (Å²) in [6, 6.07) is 23.5. The molecule has 3 aromatic carbocycles. The van der Waals surface area contributed by atoms with Gasteiger partial charge in [0.25, 0.3) is 0 Å². The number of aliphatic imine (C=N–C) groups is 1. The van der Waals surface area contributed by atoms with Crippen molar-refractivity contribution in [3.05, 3.63) is 102 Å². The minimum Gasteiger partial charge on any atom is -0.343 e. The highest BCUT2D eigenvalue weighted by Crippen LogP contribution is 2.25. The van der Waals surface area contributed by atoms with Crippen molar-refractivity contribution in [3.63, 3.8) is 0 Å². The van der Waals surface area contributed by atoms with Crippen LogP contribution in [-0.2, 0) is 12.0 Å². The fourth-order valence-electron chi connectivity index (χ4n) is 3.47. The summed E-state index contributed by atoms with van der Waals surface area (Å²) in [6.45, 7) is 7.28. The van der Waals surface area contributed by atoms with Crippen molar-refractivity contribution in [1.29, 1.82) is 0 Å². The van der Waals surface area contributed by atoms with E-state index in [2.05, 4.69) is 78.9 Å². The molecule has 0 unspecified atom stereocenters. The van der Waals surface area contributed by atoms with E-state index in [9.17, 15) is 4.39 Å². The Balaban J connectivity index is 1.53. The third-order valence-electron chi connectivity index (χ3n) is 5.13. The number of benzene rings is 3. The van der Waals surface area contributed by atoms with Crippen LogP contribution < -0.4 is 0 Å². The van der Waals surface area contributed by atoms with Crippen LogP contribution in [0.5, 0.6) is 0 Å². The first-order valence-corrected chi connectivity index (χ1v) is 9.86. The van der Waals surface area contributed by atoms with Crippen LogP contribution in [-0.4, -0.2) is 10.8 Å². The van der Waals surface area contributed by atoms with Crippen LogP contribution in [0.3, 0.4) is 0 Å². The van der Waals surface area contributed by atoms with Gasteiger partial charge >= 0.3 is 0 Å². The molecular weight excluding hydrogens is 359 g/mol. The summed E-state index contributed by atoms with van der Waals surface area (Å²) in [5.41, 5.74) is 5.53. The van der Waals surface area contributed by atoms with Crippen LogP contribution >= 0.6 is 0 Å². The van der Waals surface area contributed by atoms with Crippen molar-refractivity contribution in [2.45, 2.75) is 32.7 Å². The highest BCUT2D eigenvalue weighted by molar-refractivity contribution is 5.90. The number of aromatic nitrogens is 1. The lowest BCUT2D eigenvalue weighted by Crippen LogP contribution is -2.10. The Labute approximate surface area is 171 Å². The van der Waals surface area contributed by atoms with E-state index in [-0.39, 0.29) is 11.2 Å². The first kappa shape index (κ1) is 19.1. The highest BCUT2D eigenvalue weighted by Gasteiger charge is 2.12. The molecule has 1 aromatic heterocycles. The molecule has 29 heavy (non-hydrogen) atoms. The molecule has 0 amide bonds. The molecule has 2 nitrogen and oxygen atoms in total.